The summed E-state index contributed by atoms with van der Waals surface area (Å²) < 4.78 is 5.44. The second-order valence-electron chi connectivity index (χ2n) is 5.34. The van der Waals surface area contributed by atoms with Gasteiger partial charge in [-0.1, -0.05) is 6.92 Å². The standard InChI is InChI=1S/C14H22N2O3/c1-4-10(15)7-11-5-6-12(8-16-11)19-9-14(2,3)13(17)18/h5-6,8,10H,4,7,9,15H2,1-3H3,(H,17,18). The topological polar surface area (TPSA) is 85.4 Å². The first kappa shape index (κ1) is 15.4. The van der Waals surface area contributed by atoms with Gasteiger partial charge in [0.25, 0.3) is 0 Å². The molecule has 1 aromatic heterocycles. The number of nitrogens with two attached hydrogens (primary N) is 1. The van der Waals surface area contributed by atoms with Crippen LogP contribution in [0.4, 0.5) is 0 Å². The van der Waals surface area contributed by atoms with Crippen molar-refractivity contribution in [1.29, 1.82) is 0 Å². The van der Waals surface area contributed by atoms with Crippen molar-refractivity contribution in [1.82, 2.24) is 4.98 Å². The molecule has 1 unspecified atom stereocenters. The summed E-state index contributed by atoms with van der Waals surface area (Å²) in [5.74, 6) is -0.311. The minimum atomic E-state index is -0.913. The fraction of sp³-hybridized carbons (Fsp3) is 0.571. The fourth-order valence-corrected chi connectivity index (χ4v) is 1.36. The summed E-state index contributed by atoms with van der Waals surface area (Å²) in [6.45, 7) is 5.39. The van der Waals surface area contributed by atoms with E-state index in [0.29, 0.717) is 5.75 Å². The van der Waals surface area contributed by atoms with Crippen LogP contribution in [0.25, 0.3) is 0 Å². The van der Waals surface area contributed by atoms with Gasteiger partial charge in [0.1, 0.15) is 12.4 Å². The van der Waals surface area contributed by atoms with Crippen LogP contribution in [0.5, 0.6) is 5.75 Å². The molecule has 0 spiro atoms. The molecule has 5 nitrogen and oxygen atoms in total. The molecule has 1 rings (SSSR count). The van der Waals surface area contributed by atoms with Gasteiger partial charge in [-0.2, -0.15) is 0 Å². The van der Waals surface area contributed by atoms with E-state index in [2.05, 4.69) is 4.98 Å². The van der Waals surface area contributed by atoms with Crippen LogP contribution in [-0.2, 0) is 11.2 Å². The number of aromatic nitrogens is 1. The predicted molar refractivity (Wildman–Crippen MR) is 73.1 cm³/mol. The molecule has 0 saturated heterocycles. The first-order valence-electron chi connectivity index (χ1n) is 6.42. The Hall–Kier alpha value is -1.62. The minimum absolute atomic E-state index is 0.109. The van der Waals surface area contributed by atoms with Crippen LogP contribution in [0.2, 0.25) is 0 Å². The van der Waals surface area contributed by atoms with Gasteiger partial charge >= 0.3 is 5.97 Å². The lowest BCUT2D eigenvalue weighted by atomic mass is 9.95. The number of nitrogens with zero attached hydrogens (tertiary/aromatic N) is 1. The van der Waals surface area contributed by atoms with Crippen molar-refractivity contribution in [2.45, 2.75) is 39.7 Å². The smallest absolute Gasteiger partial charge is 0.312 e. The van der Waals surface area contributed by atoms with Gasteiger partial charge in [-0.05, 0) is 32.4 Å². The summed E-state index contributed by atoms with van der Waals surface area (Å²) in [5.41, 5.74) is 5.86. The Balaban J connectivity index is 2.55. The van der Waals surface area contributed by atoms with E-state index in [4.69, 9.17) is 15.6 Å². The average Bonchev–Trinajstić information content (AvgIpc) is 2.37. The van der Waals surface area contributed by atoms with E-state index >= 15 is 0 Å². The summed E-state index contributed by atoms with van der Waals surface area (Å²) in [6.07, 6.45) is 3.25. The second-order valence-corrected chi connectivity index (χ2v) is 5.34. The van der Waals surface area contributed by atoms with E-state index in [0.717, 1.165) is 18.5 Å². The van der Waals surface area contributed by atoms with E-state index < -0.39 is 11.4 Å². The zero-order valence-electron chi connectivity index (χ0n) is 11.7. The highest BCUT2D eigenvalue weighted by atomic mass is 16.5. The number of rotatable bonds is 7. The Bertz CT molecular complexity index is 415. The molecule has 0 bridgehead atoms. The summed E-state index contributed by atoms with van der Waals surface area (Å²) in [4.78, 5) is 15.2. The minimum Gasteiger partial charge on any atom is -0.491 e. The fourth-order valence-electron chi connectivity index (χ4n) is 1.36. The zero-order chi connectivity index (χ0) is 14.5. The van der Waals surface area contributed by atoms with Crippen LogP contribution in [0.3, 0.4) is 0 Å². The van der Waals surface area contributed by atoms with Gasteiger partial charge < -0.3 is 15.6 Å². The molecule has 0 fully saturated rings. The summed E-state index contributed by atoms with van der Waals surface area (Å²) in [6, 6.07) is 3.77. The molecule has 5 heteroatoms. The zero-order valence-corrected chi connectivity index (χ0v) is 11.7. The quantitative estimate of drug-likeness (QED) is 0.786. The van der Waals surface area contributed by atoms with Crippen LogP contribution in [0.1, 0.15) is 32.9 Å². The van der Waals surface area contributed by atoms with E-state index in [1.807, 2.05) is 13.0 Å². The number of hydrogen-bond acceptors (Lipinski definition) is 4. The molecule has 3 N–H and O–H groups in total. The highest BCUT2D eigenvalue weighted by Gasteiger charge is 2.28. The normalized spacial score (nSPS) is 13.1. The van der Waals surface area contributed by atoms with Gasteiger partial charge in [-0.25, -0.2) is 0 Å². The van der Waals surface area contributed by atoms with Crippen LogP contribution >= 0.6 is 0 Å². The molecular formula is C14H22N2O3. The molecule has 1 heterocycles. The van der Waals surface area contributed by atoms with Gasteiger partial charge in [0.05, 0.1) is 11.6 Å². The summed E-state index contributed by atoms with van der Waals surface area (Å²) >= 11 is 0. The van der Waals surface area contributed by atoms with Gasteiger partial charge in [0.2, 0.25) is 0 Å². The third-order valence-electron chi connectivity index (χ3n) is 2.97. The third-order valence-corrected chi connectivity index (χ3v) is 2.97. The number of carbonyl (C=O) groups is 1. The van der Waals surface area contributed by atoms with Crippen molar-refractivity contribution in [3.63, 3.8) is 0 Å². The van der Waals surface area contributed by atoms with Crippen molar-refractivity contribution in [3.8, 4) is 5.75 Å². The van der Waals surface area contributed by atoms with Gasteiger partial charge in [0, 0.05) is 18.2 Å². The molecule has 0 aromatic carbocycles. The van der Waals surface area contributed by atoms with Crippen LogP contribution in [0, 0.1) is 5.41 Å². The summed E-state index contributed by atoms with van der Waals surface area (Å²) in [7, 11) is 0. The summed E-state index contributed by atoms with van der Waals surface area (Å²) in [5, 5.41) is 8.98. The van der Waals surface area contributed by atoms with Crippen LogP contribution in [0.15, 0.2) is 18.3 Å². The largest absolute Gasteiger partial charge is 0.491 e. The molecule has 1 aromatic rings. The first-order valence-corrected chi connectivity index (χ1v) is 6.42. The Morgan fingerprint density at radius 1 is 1.53 bits per heavy atom. The maximum Gasteiger partial charge on any atom is 0.312 e. The van der Waals surface area contributed by atoms with Gasteiger partial charge in [0.15, 0.2) is 0 Å². The molecule has 0 saturated carbocycles. The number of ether oxygens (including phenoxy) is 1. The highest BCUT2D eigenvalue weighted by Crippen LogP contribution is 2.18. The molecule has 0 aliphatic heterocycles. The number of hydrogen-bond donors (Lipinski definition) is 2. The molecule has 1 atom stereocenters. The predicted octanol–water partition coefficient (Wildman–Crippen LogP) is 1.85. The van der Waals surface area contributed by atoms with Crippen molar-refractivity contribution in [3.05, 3.63) is 24.0 Å². The van der Waals surface area contributed by atoms with Crippen molar-refractivity contribution in [2.24, 2.45) is 11.1 Å². The Labute approximate surface area is 113 Å². The maximum atomic E-state index is 10.9. The van der Waals surface area contributed by atoms with E-state index in [-0.39, 0.29) is 12.6 Å². The molecule has 0 aliphatic rings. The number of pyridine rings is 1. The second kappa shape index (κ2) is 6.52. The third kappa shape index (κ3) is 4.87. The SMILES string of the molecule is CCC(N)Cc1ccc(OCC(C)(C)C(=O)O)cn1. The maximum absolute atomic E-state index is 10.9. The van der Waals surface area contributed by atoms with Crippen molar-refractivity contribution in [2.75, 3.05) is 6.61 Å². The Morgan fingerprint density at radius 3 is 2.68 bits per heavy atom. The number of carboxylic acids is 1. The lowest BCUT2D eigenvalue weighted by Gasteiger charge is -2.19. The Morgan fingerprint density at radius 2 is 2.21 bits per heavy atom. The molecule has 0 radical (unpaired) electrons. The van der Waals surface area contributed by atoms with Gasteiger partial charge in [-0.3, -0.25) is 9.78 Å². The molecule has 106 valence electrons. The monoisotopic (exact) mass is 266 g/mol. The van der Waals surface area contributed by atoms with Crippen molar-refractivity contribution >= 4 is 5.97 Å². The van der Waals surface area contributed by atoms with E-state index in [1.54, 1.807) is 26.1 Å². The lowest BCUT2D eigenvalue weighted by molar-refractivity contribution is -0.148. The average molecular weight is 266 g/mol. The number of aliphatic carboxylic acids is 1. The molecular weight excluding hydrogens is 244 g/mol. The van der Waals surface area contributed by atoms with Crippen LogP contribution in [-0.4, -0.2) is 28.7 Å². The van der Waals surface area contributed by atoms with Crippen LogP contribution < -0.4 is 10.5 Å². The highest BCUT2D eigenvalue weighted by molar-refractivity contribution is 5.73. The molecule has 19 heavy (non-hydrogen) atoms. The van der Waals surface area contributed by atoms with Gasteiger partial charge in [-0.15, -0.1) is 0 Å². The van der Waals surface area contributed by atoms with E-state index in [9.17, 15) is 4.79 Å². The van der Waals surface area contributed by atoms with Crippen molar-refractivity contribution < 1.29 is 14.6 Å². The number of carboxylic acid groups (broad SMARTS) is 1. The Kier molecular flexibility index (Phi) is 5.30. The first-order chi connectivity index (χ1) is 8.85. The lowest BCUT2D eigenvalue weighted by Crippen LogP contribution is -2.30. The molecule has 0 amide bonds. The molecule has 0 aliphatic carbocycles. The van der Waals surface area contributed by atoms with E-state index in [1.165, 1.54) is 0 Å².